The van der Waals surface area contributed by atoms with Crippen molar-refractivity contribution in [1.82, 2.24) is 15.5 Å². The number of hydrogen-bond donors (Lipinski definition) is 2. The third kappa shape index (κ3) is 5.19. The van der Waals surface area contributed by atoms with Crippen molar-refractivity contribution in [2.75, 3.05) is 26.1 Å². The zero-order valence-electron chi connectivity index (χ0n) is 16.1. The van der Waals surface area contributed by atoms with Gasteiger partial charge in [-0.05, 0) is 48.4 Å². The molecule has 3 rings (SSSR count). The third-order valence-electron chi connectivity index (χ3n) is 4.18. The molecule has 0 bridgehead atoms. The van der Waals surface area contributed by atoms with Crippen LogP contribution < -0.4 is 20.1 Å². The van der Waals surface area contributed by atoms with Crippen LogP contribution in [0.15, 0.2) is 54.6 Å². The molecule has 7 nitrogen and oxygen atoms in total. The average Bonchev–Trinajstić information content (AvgIpc) is 2.75. The number of halogens is 1. The molecule has 1 heterocycles. The van der Waals surface area contributed by atoms with Gasteiger partial charge < -0.3 is 20.1 Å². The van der Waals surface area contributed by atoms with Gasteiger partial charge in [-0.2, -0.15) is 0 Å². The van der Waals surface area contributed by atoms with Crippen LogP contribution >= 0.6 is 0 Å². The molecule has 0 saturated heterocycles. The van der Waals surface area contributed by atoms with E-state index in [0.29, 0.717) is 30.3 Å². The standard InChI is InChI=1S/C21H21FN4O3/c1-28-18-9-7-14(13-19(18)29-2)11-12-23-21(27)17-8-10-20(26-25-17)24-16-6-4-3-5-15(16)22/h3-10,13H,11-12H2,1-2H3,(H,23,27)(H,24,26). The summed E-state index contributed by atoms with van der Waals surface area (Å²) in [5.41, 5.74) is 1.46. The highest BCUT2D eigenvalue weighted by molar-refractivity contribution is 5.92. The van der Waals surface area contributed by atoms with Gasteiger partial charge in [0.2, 0.25) is 0 Å². The molecule has 0 aliphatic rings. The second-order valence-corrected chi connectivity index (χ2v) is 6.10. The van der Waals surface area contributed by atoms with Crippen LogP contribution in [0.1, 0.15) is 16.1 Å². The molecule has 1 amide bonds. The molecule has 0 aliphatic heterocycles. The van der Waals surface area contributed by atoms with Gasteiger partial charge in [0.05, 0.1) is 19.9 Å². The maximum atomic E-state index is 13.7. The first-order valence-electron chi connectivity index (χ1n) is 8.95. The Kier molecular flexibility index (Phi) is 6.57. The molecule has 2 N–H and O–H groups in total. The van der Waals surface area contributed by atoms with E-state index in [4.69, 9.17) is 9.47 Å². The van der Waals surface area contributed by atoms with E-state index in [2.05, 4.69) is 20.8 Å². The van der Waals surface area contributed by atoms with Gasteiger partial charge in [-0.25, -0.2) is 4.39 Å². The zero-order chi connectivity index (χ0) is 20.6. The van der Waals surface area contributed by atoms with E-state index in [0.717, 1.165) is 5.56 Å². The largest absolute Gasteiger partial charge is 0.493 e. The summed E-state index contributed by atoms with van der Waals surface area (Å²) < 4.78 is 24.1. The molecule has 0 unspecified atom stereocenters. The van der Waals surface area contributed by atoms with Crippen LogP contribution in [0.3, 0.4) is 0 Å². The number of carbonyl (C=O) groups excluding carboxylic acids is 1. The Balaban J connectivity index is 1.54. The summed E-state index contributed by atoms with van der Waals surface area (Å²) in [7, 11) is 3.16. The lowest BCUT2D eigenvalue weighted by molar-refractivity contribution is 0.0948. The Bertz CT molecular complexity index is 980. The second-order valence-electron chi connectivity index (χ2n) is 6.10. The van der Waals surface area contributed by atoms with Crippen LogP contribution in [-0.2, 0) is 6.42 Å². The number of benzene rings is 2. The van der Waals surface area contributed by atoms with Crippen molar-refractivity contribution >= 4 is 17.4 Å². The lowest BCUT2D eigenvalue weighted by Crippen LogP contribution is -2.26. The number of nitrogens with one attached hydrogen (secondary N) is 2. The highest BCUT2D eigenvalue weighted by Gasteiger charge is 2.10. The average molecular weight is 396 g/mol. The molecule has 29 heavy (non-hydrogen) atoms. The molecule has 0 fully saturated rings. The van der Waals surface area contributed by atoms with Gasteiger partial charge in [0.15, 0.2) is 23.0 Å². The Morgan fingerprint density at radius 1 is 1.00 bits per heavy atom. The first-order chi connectivity index (χ1) is 14.1. The van der Waals surface area contributed by atoms with Crippen molar-refractivity contribution in [2.24, 2.45) is 0 Å². The van der Waals surface area contributed by atoms with Crippen LogP contribution in [0.25, 0.3) is 0 Å². The fraction of sp³-hybridized carbons (Fsp3) is 0.190. The summed E-state index contributed by atoms with van der Waals surface area (Å²) in [4.78, 5) is 12.2. The van der Waals surface area contributed by atoms with E-state index in [9.17, 15) is 9.18 Å². The van der Waals surface area contributed by atoms with Crippen LogP contribution in [0.2, 0.25) is 0 Å². The van der Waals surface area contributed by atoms with E-state index in [1.54, 1.807) is 38.5 Å². The number of para-hydroxylation sites is 1. The molecule has 8 heteroatoms. The number of methoxy groups -OCH3 is 2. The maximum absolute atomic E-state index is 13.7. The van der Waals surface area contributed by atoms with Gasteiger partial charge in [-0.1, -0.05) is 18.2 Å². The first-order valence-corrected chi connectivity index (χ1v) is 8.95. The molecule has 0 spiro atoms. The van der Waals surface area contributed by atoms with Crippen molar-refractivity contribution in [3.8, 4) is 11.5 Å². The number of rotatable bonds is 8. The predicted octanol–water partition coefficient (Wildman–Crippen LogP) is 3.35. The Labute approximate surface area is 167 Å². The molecule has 0 aliphatic carbocycles. The van der Waals surface area contributed by atoms with Crippen LogP contribution in [-0.4, -0.2) is 36.9 Å². The molecule has 150 valence electrons. The SMILES string of the molecule is COc1ccc(CCNC(=O)c2ccc(Nc3ccccc3F)nn2)cc1OC. The fourth-order valence-corrected chi connectivity index (χ4v) is 2.67. The number of hydrogen-bond acceptors (Lipinski definition) is 6. The van der Waals surface area contributed by atoms with Crippen LogP contribution in [0.4, 0.5) is 15.9 Å². The van der Waals surface area contributed by atoms with Crippen molar-refractivity contribution in [2.45, 2.75) is 6.42 Å². The maximum Gasteiger partial charge on any atom is 0.271 e. The van der Waals surface area contributed by atoms with Gasteiger partial charge in [-0.15, -0.1) is 10.2 Å². The molecule has 0 atom stereocenters. The predicted molar refractivity (Wildman–Crippen MR) is 107 cm³/mol. The van der Waals surface area contributed by atoms with E-state index in [1.807, 2.05) is 18.2 Å². The summed E-state index contributed by atoms with van der Waals surface area (Å²) in [5, 5.41) is 13.4. The first kappa shape index (κ1) is 20.1. The van der Waals surface area contributed by atoms with Crippen LogP contribution in [0.5, 0.6) is 11.5 Å². The molecule has 3 aromatic rings. The summed E-state index contributed by atoms with van der Waals surface area (Å²) in [6.45, 7) is 0.422. The highest BCUT2D eigenvalue weighted by atomic mass is 19.1. The minimum Gasteiger partial charge on any atom is -0.493 e. The normalized spacial score (nSPS) is 10.3. The topological polar surface area (TPSA) is 85.4 Å². The Hall–Kier alpha value is -3.68. The van der Waals surface area contributed by atoms with Crippen molar-refractivity contribution in [3.63, 3.8) is 0 Å². The Morgan fingerprint density at radius 3 is 2.48 bits per heavy atom. The van der Waals surface area contributed by atoms with Gasteiger partial charge in [-0.3, -0.25) is 4.79 Å². The summed E-state index contributed by atoms with van der Waals surface area (Å²) >= 11 is 0. The highest BCUT2D eigenvalue weighted by Crippen LogP contribution is 2.27. The smallest absolute Gasteiger partial charge is 0.271 e. The minimum absolute atomic E-state index is 0.177. The van der Waals surface area contributed by atoms with Crippen molar-refractivity contribution in [3.05, 3.63) is 71.7 Å². The lowest BCUT2D eigenvalue weighted by Gasteiger charge is -2.10. The molecular weight excluding hydrogens is 375 g/mol. The van der Waals surface area contributed by atoms with E-state index >= 15 is 0 Å². The fourth-order valence-electron chi connectivity index (χ4n) is 2.67. The number of aromatic nitrogens is 2. The number of nitrogens with zero attached hydrogens (tertiary/aromatic N) is 2. The molecule has 1 aromatic heterocycles. The van der Waals surface area contributed by atoms with Gasteiger partial charge in [0.1, 0.15) is 5.82 Å². The summed E-state index contributed by atoms with van der Waals surface area (Å²) in [6, 6.07) is 14.9. The van der Waals surface area contributed by atoms with Gasteiger partial charge >= 0.3 is 0 Å². The molecule has 2 aromatic carbocycles. The quantitative estimate of drug-likeness (QED) is 0.607. The zero-order valence-corrected chi connectivity index (χ0v) is 16.1. The summed E-state index contributed by atoms with van der Waals surface area (Å²) in [5.74, 6) is 0.901. The number of ether oxygens (including phenoxy) is 2. The Morgan fingerprint density at radius 2 is 1.79 bits per heavy atom. The molecule has 0 radical (unpaired) electrons. The third-order valence-corrected chi connectivity index (χ3v) is 4.18. The molecule has 0 saturated carbocycles. The van der Waals surface area contributed by atoms with E-state index in [1.165, 1.54) is 12.1 Å². The number of carbonyl (C=O) groups is 1. The van der Waals surface area contributed by atoms with Gasteiger partial charge in [0, 0.05) is 6.54 Å². The van der Waals surface area contributed by atoms with Gasteiger partial charge in [0.25, 0.3) is 5.91 Å². The molecular formula is C21H21FN4O3. The minimum atomic E-state index is -0.397. The van der Waals surface area contributed by atoms with Crippen molar-refractivity contribution in [1.29, 1.82) is 0 Å². The van der Waals surface area contributed by atoms with Crippen LogP contribution in [0, 0.1) is 5.82 Å². The summed E-state index contributed by atoms with van der Waals surface area (Å²) in [6.07, 6.45) is 0.618. The van der Waals surface area contributed by atoms with E-state index in [-0.39, 0.29) is 17.3 Å². The second kappa shape index (κ2) is 9.50. The monoisotopic (exact) mass is 396 g/mol. The lowest BCUT2D eigenvalue weighted by atomic mass is 10.1. The van der Waals surface area contributed by atoms with Crippen molar-refractivity contribution < 1.29 is 18.7 Å². The number of amides is 1. The van der Waals surface area contributed by atoms with E-state index < -0.39 is 5.82 Å². The number of anilines is 2.